The van der Waals surface area contributed by atoms with E-state index in [1.54, 1.807) is 30.5 Å². The van der Waals surface area contributed by atoms with Crippen LogP contribution in [-0.4, -0.2) is 30.8 Å². The molecule has 0 aliphatic heterocycles. The third kappa shape index (κ3) is 2.65. The summed E-state index contributed by atoms with van der Waals surface area (Å²) in [5, 5.41) is 11.8. The summed E-state index contributed by atoms with van der Waals surface area (Å²) in [5.41, 5.74) is 4.74. The van der Waals surface area contributed by atoms with Gasteiger partial charge >= 0.3 is 0 Å². The van der Waals surface area contributed by atoms with Crippen molar-refractivity contribution < 1.29 is 0 Å². The van der Waals surface area contributed by atoms with Crippen LogP contribution in [0.2, 0.25) is 0 Å². The molecule has 2 aromatic carbocycles. The van der Waals surface area contributed by atoms with Crippen LogP contribution in [0.25, 0.3) is 38.8 Å². The first-order chi connectivity index (χ1) is 13.3. The van der Waals surface area contributed by atoms with E-state index in [-0.39, 0.29) is 0 Å². The zero-order chi connectivity index (χ0) is 18.2. The summed E-state index contributed by atoms with van der Waals surface area (Å²) in [6.45, 7) is 0. The predicted octanol–water partition coefficient (Wildman–Crippen LogP) is 4.73. The highest BCUT2D eigenvalue weighted by Crippen LogP contribution is 2.36. The van der Waals surface area contributed by atoms with Crippen LogP contribution in [-0.2, 0) is 0 Å². The van der Waals surface area contributed by atoms with Crippen molar-refractivity contribution in [2.45, 2.75) is 5.16 Å². The van der Waals surface area contributed by atoms with Crippen molar-refractivity contribution in [3.63, 3.8) is 0 Å². The Hall–Kier alpha value is -3.25. The minimum Gasteiger partial charge on any atom is -0.265 e. The number of benzene rings is 2. The van der Waals surface area contributed by atoms with Gasteiger partial charge in [0, 0.05) is 18.0 Å². The van der Waals surface area contributed by atoms with Crippen LogP contribution in [0, 0.1) is 0 Å². The molecule has 130 valence electrons. The van der Waals surface area contributed by atoms with Crippen molar-refractivity contribution in [3.05, 3.63) is 73.3 Å². The molecule has 0 bridgehead atoms. The number of hydrogen-bond acceptors (Lipinski definition) is 5. The fourth-order valence-electron chi connectivity index (χ4n) is 3.33. The summed E-state index contributed by atoms with van der Waals surface area (Å²) in [4.78, 5) is 9.08. The van der Waals surface area contributed by atoms with Gasteiger partial charge in [0.25, 0.3) is 0 Å². The Labute approximate surface area is 160 Å². The Morgan fingerprint density at radius 3 is 2.52 bits per heavy atom. The fraction of sp³-hybridized carbons (Fsp3) is 0.0476. The molecule has 0 saturated heterocycles. The zero-order valence-electron chi connectivity index (χ0n) is 14.6. The van der Waals surface area contributed by atoms with Crippen LogP contribution in [0.4, 0.5) is 0 Å². The van der Waals surface area contributed by atoms with Crippen LogP contribution in [0.5, 0.6) is 0 Å². The van der Waals surface area contributed by atoms with Gasteiger partial charge in [-0.15, -0.1) is 10.2 Å². The van der Waals surface area contributed by atoms with Gasteiger partial charge in [0.1, 0.15) is 6.33 Å². The lowest BCUT2D eigenvalue weighted by Crippen LogP contribution is -2.00. The largest absolute Gasteiger partial charge is 0.265 e. The zero-order valence-corrected chi connectivity index (χ0v) is 15.4. The molecule has 0 N–H and O–H groups in total. The smallest absolute Gasteiger partial charge is 0.175 e. The molecule has 6 heteroatoms. The van der Waals surface area contributed by atoms with Crippen molar-refractivity contribution in [2.75, 3.05) is 6.26 Å². The van der Waals surface area contributed by atoms with Gasteiger partial charge in [0.2, 0.25) is 0 Å². The molecule has 0 aliphatic rings. The SMILES string of the molecule is CSc1nc(-c2ccncc2)c(-c2ccc3ccccc3c2)c2nncn12. The van der Waals surface area contributed by atoms with Crippen LogP contribution < -0.4 is 0 Å². The molecule has 5 rings (SSSR count). The number of hydrogen-bond donors (Lipinski definition) is 0. The first-order valence-corrected chi connectivity index (χ1v) is 9.75. The maximum atomic E-state index is 4.94. The molecule has 27 heavy (non-hydrogen) atoms. The summed E-state index contributed by atoms with van der Waals surface area (Å²) >= 11 is 1.57. The van der Waals surface area contributed by atoms with E-state index in [4.69, 9.17) is 4.98 Å². The highest BCUT2D eigenvalue weighted by molar-refractivity contribution is 7.98. The second-order valence-corrected chi connectivity index (χ2v) is 6.92. The average Bonchev–Trinajstić information content (AvgIpc) is 3.22. The fourth-order valence-corrected chi connectivity index (χ4v) is 3.84. The minimum absolute atomic E-state index is 0.802. The Morgan fingerprint density at radius 1 is 0.889 bits per heavy atom. The highest BCUT2D eigenvalue weighted by Gasteiger charge is 2.18. The number of nitrogens with zero attached hydrogens (tertiary/aromatic N) is 5. The summed E-state index contributed by atoms with van der Waals surface area (Å²) < 4.78 is 1.94. The number of aromatic nitrogens is 5. The van der Waals surface area contributed by atoms with Crippen molar-refractivity contribution in [3.8, 4) is 22.4 Å². The van der Waals surface area contributed by atoms with Crippen LogP contribution in [0.3, 0.4) is 0 Å². The molecule has 0 fully saturated rings. The molecule has 3 aromatic heterocycles. The predicted molar refractivity (Wildman–Crippen MR) is 109 cm³/mol. The van der Waals surface area contributed by atoms with Crippen LogP contribution in [0.1, 0.15) is 0 Å². The van der Waals surface area contributed by atoms with Crippen LogP contribution in [0.15, 0.2) is 78.5 Å². The summed E-state index contributed by atoms with van der Waals surface area (Å²) in [6.07, 6.45) is 7.30. The maximum Gasteiger partial charge on any atom is 0.175 e. The first-order valence-electron chi connectivity index (χ1n) is 8.52. The van der Waals surface area contributed by atoms with Gasteiger partial charge in [-0.25, -0.2) is 4.98 Å². The van der Waals surface area contributed by atoms with E-state index >= 15 is 0 Å². The lowest BCUT2D eigenvalue weighted by Gasteiger charge is -2.13. The molecule has 0 aliphatic carbocycles. The molecule has 5 nitrogen and oxygen atoms in total. The second kappa shape index (κ2) is 6.48. The molecule has 0 spiro atoms. The minimum atomic E-state index is 0.802. The third-order valence-electron chi connectivity index (χ3n) is 4.60. The first kappa shape index (κ1) is 16.0. The van der Waals surface area contributed by atoms with Crippen molar-refractivity contribution >= 4 is 28.2 Å². The molecular formula is C21H15N5S. The van der Waals surface area contributed by atoms with Gasteiger partial charge in [-0.1, -0.05) is 48.2 Å². The van der Waals surface area contributed by atoms with E-state index in [0.717, 1.165) is 33.2 Å². The third-order valence-corrected chi connectivity index (χ3v) is 5.25. The molecule has 0 unspecified atom stereocenters. The van der Waals surface area contributed by atoms with Gasteiger partial charge in [-0.05, 0) is 40.8 Å². The Morgan fingerprint density at radius 2 is 1.70 bits per heavy atom. The number of pyridine rings is 1. The monoisotopic (exact) mass is 369 g/mol. The summed E-state index contributed by atoms with van der Waals surface area (Å²) in [5.74, 6) is 0. The molecule has 0 saturated carbocycles. The van der Waals surface area contributed by atoms with Gasteiger partial charge in [0.05, 0.1) is 11.3 Å². The van der Waals surface area contributed by atoms with Gasteiger partial charge in [-0.2, -0.15) is 0 Å². The number of rotatable bonds is 3. The standard InChI is InChI=1S/C21H15N5S/c1-27-21-24-19(15-8-10-22-11-9-15)18(20-25-23-13-26(20)21)17-7-6-14-4-2-3-5-16(14)12-17/h2-13H,1H3. The van der Waals surface area contributed by atoms with E-state index < -0.39 is 0 Å². The molecular weight excluding hydrogens is 354 g/mol. The number of fused-ring (bicyclic) bond motifs is 2. The lowest BCUT2D eigenvalue weighted by molar-refractivity contribution is 0.906. The normalized spacial score (nSPS) is 11.3. The van der Waals surface area contributed by atoms with E-state index in [9.17, 15) is 0 Å². The molecule has 5 aromatic rings. The van der Waals surface area contributed by atoms with Gasteiger partial charge in [-0.3, -0.25) is 9.38 Å². The number of thioether (sulfide) groups is 1. The average molecular weight is 369 g/mol. The van der Waals surface area contributed by atoms with Crippen molar-refractivity contribution in [1.82, 2.24) is 24.6 Å². The Bertz CT molecular complexity index is 1260. The quantitative estimate of drug-likeness (QED) is 0.340. The van der Waals surface area contributed by atoms with E-state index in [1.807, 2.05) is 22.8 Å². The maximum absolute atomic E-state index is 4.94. The topological polar surface area (TPSA) is 56.0 Å². The highest BCUT2D eigenvalue weighted by atomic mass is 32.2. The Balaban J connectivity index is 1.87. The van der Waals surface area contributed by atoms with E-state index in [2.05, 4.69) is 57.6 Å². The van der Waals surface area contributed by atoms with Crippen LogP contribution >= 0.6 is 11.8 Å². The second-order valence-electron chi connectivity index (χ2n) is 6.14. The van der Waals surface area contributed by atoms with E-state index in [1.165, 1.54) is 10.8 Å². The molecule has 0 amide bonds. The molecule has 0 radical (unpaired) electrons. The Kier molecular flexibility index (Phi) is 3.83. The van der Waals surface area contributed by atoms with E-state index in [0.29, 0.717) is 0 Å². The summed E-state index contributed by atoms with van der Waals surface area (Å²) in [6, 6.07) is 18.7. The van der Waals surface area contributed by atoms with Gasteiger partial charge in [0.15, 0.2) is 10.8 Å². The van der Waals surface area contributed by atoms with Crippen molar-refractivity contribution in [2.24, 2.45) is 0 Å². The van der Waals surface area contributed by atoms with Crippen molar-refractivity contribution in [1.29, 1.82) is 0 Å². The molecule has 3 heterocycles. The lowest BCUT2D eigenvalue weighted by atomic mass is 9.98. The summed E-state index contributed by atoms with van der Waals surface area (Å²) in [7, 11) is 0. The van der Waals surface area contributed by atoms with Gasteiger partial charge < -0.3 is 0 Å². The molecule has 0 atom stereocenters.